The van der Waals surface area contributed by atoms with E-state index >= 15 is 0 Å². The molecule has 0 aliphatic carbocycles. The molecule has 1 heterocycles. The number of rotatable bonds is 4. The van der Waals surface area contributed by atoms with Crippen molar-refractivity contribution in [2.45, 2.75) is 32.4 Å². The topological polar surface area (TPSA) is 105 Å². The summed E-state index contributed by atoms with van der Waals surface area (Å²) in [6, 6.07) is 3.26. The lowest BCUT2D eigenvalue weighted by atomic mass is 10.2. The van der Waals surface area contributed by atoms with Gasteiger partial charge in [0.25, 0.3) is 5.69 Å². The van der Waals surface area contributed by atoms with Crippen LogP contribution < -0.4 is 10.6 Å². The Bertz CT molecular complexity index is 650. The fourth-order valence-electron chi connectivity index (χ4n) is 2.41. The molecule has 23 heavy (non-hydrogen) atoms. The van der Waals surface area contributed by atoms with Crippen molar-refractivity contribution in [2.24, 2.45) is 0 Å². The number of likely N-dealkylation sites (tertiary alicyclic amines) is 1. The molecule has 1 saturated heterocycles. The molecule has 124 valence electrons. The first-order valence-electron chi connectivity index (χ1n) is 7.09. The predicted octanol–water partition coefficient (Wildman–Crippen LogP) is 2.38. The first-order chi connectivity index (χ1) is 10.8. The zero-order valence-electron chi connectivity index (χ0n) is 12.7. The summed E-state index contributed by atoms with van der Waals surface area (Å²) in [7, 11) is 0. The molecule has 9 heteroatoms. The Kier molecular flexibility index (Phi) is 5.05. The van der Waals surface area contributed by atoms with E-state index < -0.39 is 11.0 Å². The van der Waals surface area contributed by atoms with Crippen LogP contribution in [0.5, 0.6) is 0 Å². The Hall–Kier alpha value is -2.35. The molecule has 1 aromatic carbocycles. The van der Waals surface area contributed by atoms with Crippen LogP contribution in [0.25, 0.3) is 0 Å². The molecular formula is C14H17ClN4O4. The Labute approximate surface area is 137 Å². The molecule has 1 atom stereocenters. The number of hydrogen-bond acceptors (Lipinski definition) is 4. The lowest BCUT2D eigenvalue weighted by molar-refractivity contribution is -0.384. The third kappa shape index (κ3) is 4.10. The van der Waals surface area contributed by atoms with E-state index in [9.17, 15) is 19.7 Å². The van der Waals surface area contributed by atoms with Crippen molar-refractivity contribution < 1.29 is 14.5 Å². The van der Waals surface area contributed by atoms with Crippen LogP contribution in [0.2, 0.25) is 5.02 Å². The maximum absolute atomic E-state index is 12.0. The molecule has 0 saturated carbocycles. The highest BCUT2D eigenvalue weighted by atomic mass is 35.5. The van der Waals surface area contributed by atoms with Gasteiger partial charge in [-0.15, -0.1) is 0 Å². The van der Waals surface area contributed by atoms with Crippen molar-refractivity contribution in [3.05, 3.63) is 33.3 Å². The number of benzene rings is 1. The fourth-order valence-corrected chi connectivity index (χ4v) is 2.60. The second kappa shape index (κ2) is 6.82. The van der Waals surface area contributed by atoms with Crippen LogP contribution >= 0.6 is 11.6 Å². The second-order valence-electron chi connectivity index (χ2n) is 5.56. The minimum Gasteiger partial charge on any atom is -0.338 e. The van der Waals surface area contributed by atoms with Gasteiger partial charge >= 0.3 is 6.03 Å². The van der Waals surface area contributed by atoms with Crippen LogP contribution in [0, 0.1) is 10.1 Å². The Morgan fingerprint density at radius 2 is 2.17 bits per heavy atom. The van der Waals surface area contributed by atoms with Gasteiger partial charge in [-0.1, -0.05) is 11.6 Å². The molecule has 1 aliphatic rings. The van der Waals surface area contributed by atoms with Crippen molar-refractivity contribution in [3.8, 4) is 0 Å². The standard InChI is InChI=1S/C14H17ClN4O4/c1-8(2)18-7-10(6-13(18)20)17-14(21)16-9-3-4-11(15)12(5-9)19(22)23/h3-5,8,10H,6-7H2,1-2H3,(H2,16,17,21). The van der Waals surface area contributed by atoms with Crippen LogP contribution in [-0.2, 0) is 4.79 Å². The van der Waals surface area contributed by atoms with E-state index in [-0.39, 0.29) is 40.8 Å². The number of amides is 3. The minimum absolute atomic E-state index is 0.00470. The number of nitrogens with zero attached hydrogens (tertiary/aromatic N) is 2. The van der Waals surface area contributed by atoms with Gasteiger partial charge in [0.05, 0.1) is 11.0 Å². The number of carbonyl (C=O) groups is 2. The van der Waals surface area contributed by atoms with Gasteiger partial charge in [0, 0.05) is 30.8 Å². The van der Waals surface area contributed by atoms with Crippen molar-refractivity contribution in [3.63, 3.8) is 0 Å². The number of halogens is 1. The van der Waals surface area contributed by atoms with Crippen LogP contribution in [0.4, 0.5) is 16.2 Å². The van der Waals surface area contributed by atoms with Crippen molar-refractivity contribution in [2.75, 3.05) is 11.9 Å². The molecule has 3 amide bonds. The maximum Gasteiger partial charge on any atom is 0.319 e. The number of hydrogen-bond donors (Lipinski definition) is 2. The Morgan fingerprint density at radius 1 is 1.48 bits per heavy atom. The van der Waals surface area contributed by atoms with Crippen molar-refractivity contribution in [1.82, 2.24) is 10.2 Å². The lowest BCUT2D eigenvalue weighted by Crippen LogP contribution is -2.40. The molecule has 1 aromatic rings. The summed E-state index contributed by atoms with van der Waals surface area (Å²) >= 11 is 5.71. The molecule has 0 spiro atoms. The maximum atomic E-state index is 12.0. The van der Waals surface area contributed by atoms with Gasteiger partial charge in [0.1, 0.15) is 5.02 Å². The Morgan fingerprint density at radius 3 is 2.74 bits per heavy atom. The highest BCUT2D eigenvalue weighted by molar-refractivity contribution is 6.32. The van der Waals surface area contributed by atoms with E-state index in [0.29, 0.717) is 6.54 Å². The molecule has 0 aromatic heterocycles. The summed E-state index contributed by atoms with van der Waals surface area (Å²) in [6.45, 7) is 4.27. The number of nitro groups is 1. The summed E-state index contributed by atoms with van der Waals surface area (Å²) in [5, 5.41) is 16.0. The minimum atomic E-state index is -0.623. The van der Waals surface area contributed by atoms with Gasteiger partial charge in [-0.3, -0.25) is 14.9 Å². The first kappa shape index (κ1) is 17.0. The van der Waals surface area contributed by atoms with Crippen molar-refractivity contribution >= 4 is 34.9 Å². The summed E-state index contributed by atoms with van der Waals surface area (Å²) in [6.07, 6.45) is 0.242. The fraction of sp³-hybridized carbons (Fsp3) is 0.429. The van der Waals surface area contributed by atoms with Crippen LogP contribution in [0.1, 0.15) is 20.3 Å². The number of nitro benzene ring substituents is 1. The van der Waals surface area contributed by atoms with E-state index in [4.69, 9.17) is 11.6 Å². The summed E-state index contributed by atoms with van der Waals surface area (Å²) in [5.74, 6) is -0.00701. The molecular weight excluding hydrogens is 324 g/mol. The SMILES string of the molecule is CC(C)N1CC(NC(=O)Nc2ccc(Cl)c([N+](=O)[O-])c2)CC1=O. The first-order valence-corrected chi connectivity index (χ1v) is 7.46. The van der Waals surface area contributed by atoms with E-state index in [1.807, 2.05) is 13.8 Å². The van der Waals surface area contributed by atoms with E-state index in [1.165, 1.54) is 18.2 Å². The number of urea groups is 1. The van der Waals surface area contributed by atoms with Gasteiger partial charge < -0.3 is 15.5 Å². The smallest absolute Gasteiger partial charge is 0.319 e. The normalized spacial score (nSPS) is 17.5. The van der Waals surface area contributed by atoms with Gasteiger partial charge in [0.2, 0.25) is 5.91 Å². The van der Waals surface area contributed by atoms with Crippen LogP contribution in [-0.4, -0.2) is 40.4 Å². The van der Waals surface area contributed by atoms with Gasteiger partial charge in [-0.2, -0.15) is 0 Å². The molecule has 8 nitrogen and oxygen atoms in total. The van der Waals surface area contributed by atoms with Gasteiger partial charge in [-0.05, 0) is 26.0 Å². The molecule has 0 bridgehead atoms. The molecule has 1 aliphatic heterocycles. The molecule has 0 radical (unpaired) electrons. The third-order valence-electron chi connectivity index (χ3n) is 3.52. The van der Waals surface area contributed by atoms with Crippen LogP contribution in [0.15, 0.2) is 18.2 Å². The summed E-state index contributed by atoms with van der Waals surface area (Å²) in [4.78, 5) is 35.6. The average molecular weight is 341 g/mol. The average Bonchev–Trinajstić information content (AvgIpc) is 2.81. The third-order valence-corrected chi connectivity index (χ3v) is 3.84. The van der Waals surface area contributed by atoms with Crippen LogP contribution in [0.3, 0.4) is 0 Å². The summed E-state index contributed by atoms with van der Waals surface area (Å²) in [5.41, 5.74) is -0.0323. The zero-order chi connectivity index (χ0) is 17.1. The van der Waals surface area contributed by atoms with E-state index in [1.54, 1.807) is 4.90 Å². The zero-order valence-corrected chi connectivity index (χ0v) is 13.5. The molecule has 1 fully saturated rings. The lowest BCUT2D eigenvalue weighted by Gasteiger charge is -2.21. The van der Waals surface area contributed by atoms with E-state index in [2.05, 4.69) is 10.6 Å². The molecule has 2 rings (SSSR count). The molecule has 1 unspecified atom stereocenters. The number of carbonyl (C=O) groups excluding carboxylic acids is 2. The number of anilines is 1. The summed E-state index contributed by atoms with van der Waals surface area (Å²) < 4.78 is 0. The number of nitrogens with one attached hydrogen (secondary N) is 2. The quantitative estimate of drug-likeness (QED) is 0.648. The highest BCUT2D eigenvalue weighted by Crippen LogP contribution is 2.27. The van der Waals surface area contributed by atoms with Crippen molar-refractivity contribution in [1.29, 1.82) is 0 Å². The van der Waals surface area contributed by atoms with Gasteiger partial charge in [-0.25, -0.2) is 4.79 Å². The Balaban J connectivity index is 1.97. The van der Waals surface area contributed by atoms with Gasteiger partial charge in [0.15, 0.2) is 0 Å². The largest absolute Gasteiger partial charge is 0.338 e. The second-order valence-corrected chi connectivity index (χ2v) is 5.97. The van der Waals surface area contributed by atoms with E-state index in [0.717, 1.165) is 0 Å². The molecule has 2 N–H and O–H groups in total. The monoisotopic (exact) mass is 340 g/mol. The predicted molar refractivity (Wildman–Crippen MR) is 85.5 cm³/mol. The highest BCUT2D eigenvalue weighted by Gasteiger charge is 2.32.